The fraction of sp³-hybridized carbons (Fsp3) is 0.172. The number of carbonyl (C=O) groups is 2. The first-order valence-electron chi connectivity index (χ1n) is 11.3. The van der Waals surface area contributed by atoms with Gasteiger partial charge in [0, 0.05) is 36.9 Å². The van der Waals surface area contributed by atoms with E-state index in [1.807, 2.05) is 36.4 Å². The second kappa shape index (κ2) is 9.58. The third-order valence-electron chi connectivity index (χ3n) is 5.95. The van der Waals surface area contributed by atoms with Crippen LogP contribution in [0.4, 0.5) is 0 Å². The summed E-state index contributed by atoms with van der Waals surface area (Å²) in [5, 5.41) is 2.34. The van der Waals surface area contributed by atoms with E-state index >= 15 is 0 Å². The Kier molecular flexibility index (Phi) is 6.39. The van der Waals surface area contributed by atoms with Gasteiger partial charge in [-0.05, 0) is 47.2 Å². The molecule has 0 unspecified atom stereocenters. The molecular formula is C29H24O2S2. The first kappa shape index (κ1) is 22.0. The third kappa shape index (κ3) is 4.25. The lowest BCUT2D eigenvalue weighted by Crippen LogP contribution is -2.22. The molecule has 5 rings (SSSR count). The number of fused-ring (bicyclic) bond motifs is 3. The highest BCUT2D eigenvalue weighted by molar-refractivity contribution is 7.99. The van der Waals surface area contributed by atoms with Crippen LogP contribution in [0, 0.1) is 0 Å². The zero-order chi connectivity index (χ0) is 22.8. The zero-order valence-corrected chi connectivity index (χ0v) is 20.1. The molecule has 0 heterocycles. The lowest BCUT2D eigenvalue weighted by atomic mass is 9.84. The second-order valence-corrected chi connectivity index (χ2v) is 10.4. The number of hydrogen-bond acceptors (Lipinski definition) is 4. The van der Waals surface area contributed by atoms with Crippen molar-refractivity contribution in [2.45, 2.75) is 40.9 Å². The summed E-state index contributed by atoms with van der Waals surface area (Å²) in [6, 6.07) is 25.8. The standard InChI is InChI=1S/C29H24O2S2/c1-2-3-6-17-32-24-13-7-11-22-26(24)28(30)23-12-8-14-25(27(23)29(22)31)33-21-16-15-19-9-4-5-10-20(19)18-21/h4-5,7-16,18H,2-3,6,17H2,1H3. The van der Waals surface area contributed by atoms with Crippen LogP contribution in [0.25, 0.3) is 10.8 Å². The summed E-state index contributed by atoms with van der Waals surface area (Å²) < 4.78 is 0. The smallest absolute Gasteiger partial charge is 0.195 e. The highest BCUT2D eigenvalue weighted by Gasteiger charge is 2.33. The van der Waals surface area contributed by atoms with Gasteiger partial charge in [-0.2, -0.15) is 0 Å². The van der Waals surface area contributed by atoms with Gasteiger partial charge in [0.05, 0.1) is 0 Å². The van der Waals surface area contributed by atoms with E-state index in [2.05, 4.69) is 37.3 Å². The Hall–Kier alpha value is -2.82. The molecule has 0 aromatic heterocycles. The molecule has 4 heteroatoms. The normalized spacial score (nSPS) is 12.6. The van der Waals surface area contributed by atoms with Crippen molar-refractivity contribution in [1.82, 2.24) is 0 Å². The summed E-state index contributed by atoms with van der Waals surface area (Å²) in [4.78, 5) is 30.0. The predicted octanol–water partition coefficient (Wildman–Crippen LogP) is 8.05. The molecule has 1 aliphatic rings. The maximum absolute atomic E-state index is 13.6. The van der Waals surface area contributed by atoms with E-state index in [0.29, 0.717) is 22.3 Å². The largest absolute Gasteiger partial charge is 0.289 e. The summed E-state index contributed by atoms with van der Waals surface area (Å²) in [6.07, 6.45) is 3.44. The molecule has 2 nitrogen and oxygen atoms in total. The quantitative estimate of drug-likeness (QED) is 0.179. The Morgan fingerprint density at radius 3 is 2.06 bits per heavy atom. The number of benzene rings is 4. The summed E-state index contributed by atoms with van der Waals surface area (Å²) in [6.45, 7) is 2.18. The van der Waals surface area contributed by atoms with Crippen molar-refractivity contribution < 1.29 is 9.59 Å². The lowest BCUT2D eigenvalue weighted by Gasteiger charge is -2.22. The van der Waals surface area contributed by atoms with Crippen LogP contribution >= 0.6 is 23.5 Å². The van der Waals surface area contributed by atoms with Gasteiger partial charge in [-0.3, -0.25) is 9.59 Å². The first-order valence-corrected chi connectivity index (χ1v) is 13.1. The van der Waals surface area contributed by atoms with Crippen LogP contribution in [0.2, 0.25) is 0 Å². The monoisotopic (exact) mass is 468 g/mol. The molecule has 0 saturated carbocycles. The molecular weight excluding hydrogens is 444 g/mol. The fourth-order valence-corrected chi connectivity index (χ4v) is 6.39. The molecule has 0 spiro atoms. The van der Waals surface area contributed by atoms with Crippen molar-refractivity contribution in [3.63, 3.8) is 0 Å². The van der Waals surface area contributed by atoms with E-state index in [-0.39, 0.29) is 11.6 Å². The van der Waals surface area contributed by atoms with Crippen LogP contribution in [0.3, 0.4) is 0 Å². The maximum Gasteiger partial charge on any atom is 0.195 e. The lowest BCUT2D eigenvalue weighted by molar-refractivity contribution is 0.0974. The van der Waals surface area contributed by atoms with Crippen LogP contribution in [0.1, 0.15) is 58.0 Å². The molecule has 4 aromatic carbocycles. The van der Waals surface area contributed by atoms with Gasteiger partial charge < -0.3 is 0 Å². The van der Waals surface area contributed by atoms with E-state index in [1.165, 1.54) is 11.8 Å². The zero-order valence-electron chi connectivity index (χ0n) is 18.5. The Bertz CT molecular complexity index is 1370. The minimum absolute atomic E-state index is 0.0425. The summed E-state index contributed by atoms with van der Waals surface area (Å²) >= 11 is 3.23. The van der Waals surface area contributed by atoms with E-state index in [9.17, 15) is 9.59 Å². The van der Waals surface area contributed by atoms with E-state index in [1.54, 1.807) is 35.7 Å². The molecule has 0 aliphatic heterocycles. The van der Waals surface area contributed by atoms with Crippen molar-refractivity contribution in [3.8, 4) is 0 Å². The first-order chi connectivity index (χ1) is 16.2. The van der Waals surface area contributed by atoms with Gasteiger partial charge in [0.25, 0.3) is 0 Å². The van der Waals surface area contributed by atoms with Gasteiger partial charge in [-0.25, -0.2) is 0 Å². The van der Waals surface area contributed by atoms with E-state index in [4.69, 9.17) is 0 Å². The van der Waals surface area contributed by atoms with Crippen LogP contribution in [0.5, 0.6) is 0 Å². The van der Waals surface area contributed by atoms with Gasteiger partial charge in [-0.15, -0.1) is 11.8 Å². The molecule has 164 valence electrons. The van der Waals surface area contributed by atoms with Crippen LogP contribution in [0.15, 0.2) is 93.5 Å². The van der Waals surface area contributed by atoms with E-state index in [0.717, 1.165) is 38.7 Å². The topological polar surface area (TPSA) is 34.1 Å². The number of unbranched alkanes of at least 4 members (excludes halogenated alkanes) is 2. The van der Waals surface area contributed by atoms with Gasteiger partial charge in [0.2, 0.25) is 0 Å². The molecule has 1 aliphatic carbocycles. The van der Waals surface area contributed by atoms with Crippen molar-refractivity contribution in [2.24, 2.45) is 0 Å². The highest BCUT2D eigenvalue weighted by atomic mass is 32.2. The molecule has 0 amide bonds. The molecule has 0 fully saturated rings. The third-order valence-corrected chi connectivity index (χ3v) is 8.14. The number of carbonyl (C=O) groups excluding carboxylic acids is 2. The van der Waals surface area contributed by atoms with Crippen LogP contribution in [-0.2, 0) is 0 Å². The van der Waals surface area contributed by atoms with Crippen molar-refractivity contribution >= 4 is 45.9 Å². The van der Waals surface area contributed by atoms with Crippen LogP contribution < -0.4 is 0 Å². The SMILES string of the molecule is CCCCCSc1cccc2c1C(=O)c1cccc(Sc3ccc4ccccc4c3)c1C2=O. The second-order valence-electron chi connectivity index (χ2n) is 8.18. The van der Waals surface area contributed by atoms with Crippen LogP contribution in [-0.4, -0.2) is 17.3 Å². The average Bonchev–Trinajstić information content (AvgIpc) is 2.85. The Morgan fingerprint density at radius 1 is 0.667 bits per heavy atom. The molecule has 0 N–H and O–H groups in total. The summed E-state index contributed by atoms with van der Waals surface area (Å²) in [5.74, 6) is 0.856. The van der Waals surface area contributed by atoms with Gasteiger partial charge in [0.1, 0.15) is 0 Å². The van der Waals surface area contributed by atoms with Crippen molar-refractivity contribution in [3.05, 3.63) is 101 Å². The molecule has 0 radical (unpaired) electrons. The molecule has 0 saturated heterocycles. The summed E-state index contributed by atoms with van der Waals surface area (Å²) in [5.41, 5.74) is 2.14. The summed E-state index contributed by atoms with van der Waals surface area (Å²) in [7, 11) is 0. The minimum Gasteiger partial charge on any atom is -0.289 e. The Labute approximate surface area is 202 Å². The maximum atomic E-state index is 13.6. The molecule has 4 aromatic rings. The van der Waals surface area contributed by atoms with Gasteiger partial charge in [0.15, 0.2) is 11.6 Å². The van der Waals surface area contributed by atoms with Gasteiger partial charge >= 0.3 is 0 Å². The number of rotatable bonds is 7. The number of ketones is 2. The van der Waals surface area contributed by atoms with Crippen molar-refractivity contribution in [2.75, 3.05) is 5.75 Å². The fourth-order valence-electron chi connectivity index (χ4n) is 4.28. The molecule has 0 atom stereocenters. The highest BCUT2D eigenvalue weighted by Crippen LogP contribution is 2.40. The average molecular weight is 469 g/mol. The molecule has 0 bridgehead atoms. The Morgan fingerprint density at radius 2 is 1.33 bits per heavy atom. The van der Waals surface area contributed by atoms with Gasteiger partial charge in [-0.1, -0.05) is 86.1 Å². The molecule has 33 heavy (non-hydrogen) atoms. The van der Waals surface area contributed by atoms with E-state index < -0.39 is 0 Å². The number of hydrogen-bond donors (Lipinski definition) is 0. The van der Waals surface area contributed by atoms with Crippen molar-refractivity contribution in [1.29, 1.82) is 0 Å². The Balaban J connectivity index is 1.51. The predicted molar refractivity (Wildman–Crippen MR) is 138 cm³/mol. The number of thioether (sulfide) groups is 1. The minimum atomic E-state index is -0.0560.